The van der Waals surface area contributed by atoms with Crippen molar-refractivity contribution in [3.63, 3.8) is 0 Å². The van der Waals surface area contributed by atoms with Crippen LogP contribution in [0.25, 0.3) is 22.4 Å². The molecule has 0 saturated carbocycles. The molecule has 7 heteroatoms. The number of alkyl halides is 3. The van der Waals surface area contributed by atoms with E-state index in [9.17, 15) is 18.0 Å². The second-order valence-corrected chi connectivity index (χ2v) is 9.41. The van der Waals surface area contributed by atoms with Gasteiger partial charge in [-0.3, -0.25) is 4.98 Å². The van der Waals surface area contributed by atoms with Gasteiger partial charge in [-0.25, -0.2) is 4.79 Å². The third-order valence-electron chi connectivity index (χ3n) is 6.39. The van der Waals surface area contributed by atoms with Gasteiger partial charge in [0.05, 0.1) is 17.9 Å². The monoisotopic (exact) mass is 527 g/mol. The largest absolute Gasteiger partial charge is 0.462 e. The van der Waals surface area contributed by atoms with Gasteiger partial charge in [0.1, 0.15) is 0 Å². The second kappa shape index (κ2) is 14.7. The highest BCUT2D eigenvalue weighted by Gasteiger charge is 2.36. The lowest BCUT2D eigenvalue weighted by atomic mass is 10.0. The van der Waals surface area contributed by atoms with E-state index in [4.69, 9.17) is 9.47 Å². The fourth-order valence-corrected chi connectivity index (χ4v) is 3.92. The molecular weight excluding hydrogens is 491 g/mol. The lowest BCUT2D eigenvalue weighted by Gasteiger charge is -2.16. The Bertz CT molecular complexity index is 1110. The van der Waals surface area contributed by atoms with Gasteiger partial charge in [-0.1, -0.05) is 62.2 Å². The van der Waals surface area contributed by atoms with Gasteiger partial charge in [0, 0.05) is 23.9 Å². The Morgan fingerprint density at radius 1 is 0.816 bits per heavy atom. The van der Waals surface area contributed by atoms with Crippen molar-refractivity contribution < 1.29 is 27.4 Å². The van der Waals surface area contributed by atoms with Crippen LogP contribution in [0.2, 0.25) is 0 Å². The van der Waals surface area contributed by atoms with Gasteiger partial charge in [0.25, 0.3) is 0 Å². The van der Waals surface area contributed by atoms with E-state index < -0.39 is 18.2 Å². The van der Waals surface area contributed by atoms with Gasteiger partial charge in [-0.05, 0) is 68.4 Å². The van der Waals surface area contributed by atoms with Crippen LogP contribution in [-0.4, -0.2) is 36.4 Å². The van der Waals surface area contributed by atoms with E-state index in [1.807, 2.05) is 24.4 Å². The summed E-state index contributed by atoms with van der Waals surface area (Å²) in [4.78, 5) is 16.9. The highest BCUT2D eigenvalue weighted by atomic mass is 19.4. The molecule has 204 valence electrons. The molecule has 4 nitrogen and oxygen atoms in total. The molecule has 1 aromatic heterocycles. The summed E-state index contributed by atoms with van der Waals surface area (Å²) in [5, 5.41) is 0. The first-order chi connectivity index (χ1) is 18.3. The first-order valence-electron chi connectivity index (χ1n) is 13.3. The van der Waals surface area contributed by atoms with Gasteiger partial charge >= 0.3 is 12.1 Å². The molecule has 2 aromatic carbocycles. The zero-order valence-corrected chi connectivity index (χ0v) is 22.1. The van der Waals surface area contributed by atoms with Crippen LogP contribution in [0.15, 0.2) is 66.9 Å². The smallest absolute Gasteiger partial charge is 0.414 e. The summed E-state index contributed by atoms with van der Waals surface area (Å²) >= 11 is 0. The average Bonchev–Trinajstić information content (AvgIpc) is 2.93. The third kappa shape index (κ3) is 9.28. The number of ether oxygens (including phenoxy) is 2. The number of rotatable bonds is 14. The summed E-state index contributed by atoms with van der Waals surface area (Å²) in [7, 11) is 0. The molecule has 0 N–H and O–H groups in total. The van der Waals surface area contributed by atoms with Crippen molar-refractivity contribution in [3.8, 4) is 22.4 Å². The lowest BCUT2D eigenvalue weighted by molar-refractivity contribution is -0.214. The van der Waals surface area contributed by atoms with Gasteiger partial charge in [-0.15, -0.1) is 0 Å². The summed E-state index contributed by atoms with van der Waals surface area (Å²) in [5.74, 6) is -0.399. The minimum absolute atomic E-state index is 0.0661. The number of hydrogen-bond donors (Lipinski definition) is 0. The SMILES string of the molecule is CCCCc1ccc(-c2ccc(-c3ccc(C(=O)OCCCCCCOC(C)C(F)(F)F)cc3)nc2)cc1. The molecule has 3 aromatic rings. The van der Waals surface area contributed by atoms with E-state index in [2.05, 4.69) is 42.2 Å². The van der Waals surface area contributed by atoms with Crippen LogP contribution in [0.5, 0.6) is 0 Å². The van der Waals surface area contributed by atoms with Crippen molar-refractivity contribution in [2.24, 2.45) is 0 Å². The topological polar surface area (TPSA) is 48.4 Å². The number of esters is 1. The molecule has 0 fully saturated rings. The van der Waals surface area contributed by atoms with Gasteiger partial charge in [-0.2, -0.15) is 13.2 Å². The summed E-state index contributed by atoms with van der Waals surface area (Å²) in [5.41, 5.74) is 5.73. The van der Waals surface area contributed by atoms with Crippen LogP contribution in [0.4, 0.5) is 13.2 Å². The number of halogens is 3. The predicted molar refractivity (Wildman–Crippen MR) is 144 cm³/mol. The average molecular weight is 528 g/mol. The molecule has 1 heterocycles. The first-order valence-corrected chi connectivity index (χ1v) is 13.3. The highest BCUT2D eigenvalue weighted by molar-refractivity contribution is 5.90. The molecule has 0 aliphatic carbocycles. The highest BCUT2D eigenvalue weighted by Crippen LogP contribution is 2.24. The first kappa shape index (κ1) is 29.4. The Morgan fingerprint density at radius 3 is 2.05 bits per heavy atom. The Balaban J connectivity index is 1.40. The molecule has 38 heavy (non-hydrogen) atoms. The summed E-state index contributed by atoms with van der Waals surface area (Å²) in [6.07, 6.45) is 1.93. The zero-order valence-electron chi connectivity index (χ0n) is 22.1. The van der Waals surface area contributed by atoms with Crippen molar-refractivity contribution >= 4 is 5.97 Å². The molecule has 0 aliphatic heterocycles. The quantitative estimate of drug-likeness (QED) is 0.156. The number of pyridine rings is 1. The minimum Gasteiger partial charge on any atom is -0.462 e. The Labute approximate surface area is 223 Å². The van der Waals surface area contributed by atoms with E-state index in [1.165, 1.54) is 18.4 Å². The molecule has 1 unspecified atom stereocenters. The molecule has 0 radical (unpaired) electrons. The van der Waals surface area contributed by atoms with E-state index in [1.54, 1.807) is 12.1 Å². The van der Waals surface area contributed by atoms with Crippen molar-refractivity contribution in [2.45, 2.75) is 71.1 Å². The number of hydrogen-bond acceptors (Lipinski definition) is 4. The Morgan fingerprint density at radius 2 is 1.45 bits per heavy atom. The predicted octanol–water partition coefficient (Wildman–Crippen LogP) is 8.44. The number of aromatic nitrogens is 1. The van der Waals surface area contributed by atoms with E-state index in [0.717, 1.165) is 42.1 Å². The van der Waals surface area contributed by atoms with Gasteiger partial charge < -0.3 is 9.47 Å². The lowest BCUT2D eigenvalue weighted by Crippen LogP contribution is -2.28. The maximum atomic E-state index is 12.4. The van der Waals surface area contributed by atoms with E-state index >= 15 is 0 Å². The van der Waals surface area contributed by atoms with Crippen molar-refractivity contribution in [2.75, 3.05) is 13.2 Å². The number of nitrogens with zero attached hydrogens (tertiary/aromatic N) is 1. The fraction of sp³-hybridized carbons (Fsp3) is 0.419. The molecule has 0 aliphatic rings. The molecule has 1 atom stereocenters. The number of carbonyl (C=O) groups is 1. The van der Waals surface area contributed by atoms with Crippen molar-refractivity contribution in [3.05, 3.63) is 78.0 Å². The van der Waals surface area contributed by atoms with E-state index in [-0.39, 0.29) is 13.2 Å². The number of benzene rings is 2. The van der Waals surface area contributed by atoms with Crippen molar-refractivity contribution in [1.29, 1.82) is 0 Å². The standard InChI is InChI=1S/C31H36F3NO3/c1-3-4-9-24-10-12-25(13-11-24)28-18-19-29(35-22-28)26-14-16-27(17-15-26)30(36)38-21-8-6-5-7-20-37-23(2)31(32,33)34/h10-19,22-23H,3-9,20-21H2,1-2H3. The van der Waals surface area contributed by atoms with Crippen LogP contribution in [0.1, 0.15) is 68.3 Å². The van der Waals surface area contributed by atoms with Gasteiger partial charge in [0.15, 0.2) is 6.10 Å². The number of carbonyl (C=O) groups excluding carboxylic acids is 1. The molecule has 3 rings (SSSR count). The van der Waals surface area contributed by atoms with Crippen LogP contribution < -0.4 is 0 Å². The molecule has 0 saturated heterocycles. The summed E-state index contributed by atoms with van der Waals surface area (Å²) in [6.45, 7) is 3.54. The van der Waals surface area contributed by atoms with Crippen LogP contribution in [0.3, 0.4) is 0 Å². The van der Waals surface area contributed by atoms with Crippen LogP contribution in [0, 0.1) is 0 Å². The summed E-state index contributed by atoms with van der Waals surface area (Å²) in [6, 6.07) is 19.8. The number of aryl methyl sites for hydroxylation is 1. The Hall–Kier alpha value is -3.19. The number of unbranched alkanes of at least 4 members (excludes halogenated alkanes) is 4. The summed E-state index contributed by atoms with van der Waals surface area (Å²) < 4.78 is 47.2. The molecular formula is C31H36F3NO3. The fourth-order valence-electron chi connectivity index (χ4n) is 3.92. The van der Waals surface area contributed by atoms with Crippen LogP contribution >= 0.6 is 0 Å². The maximum Gasteiger partial charge on any atom is 0.414 e. The van der Waals surface area contributed by atoms with Crippen molar-refractivity contribution in [1.82, 2.24) is 4.98 Å². The normalized spacial score (nSPS) is 12.3. The third-order valence-corrected chi connectivity index (χ3v) is 6.39. The molecule has 0 spiro atoms. The Kier molecular flexibility index (Phi) is 11.3. The molecule has 0 bridgehead atoms. The second-order valence-electron chi connectivity index (χ2n) is 9.41. The minimum atomic E-state index is -4.33. The van der Waals surface area contributed by atoms with E-state index in [0.29, 0.717) is 24.8 Å². The van der Waals surface area contributed by atoms with Crippen LogP contribution in [-0.2, 0) is 15.9 Å². The van der Waals surface area contributed by atoms with Gasteiger partial charge in [0.2, 0.25) is 0 Å². The zero-order chi connectivity index (χ0) is 27.4. The molecule has 0 amide bonds. The maximum absolute atomic E-state index is 12.4.